The van der Waals surface area contributed by atoms with Gasteiger partial charge in [0, 0.05) is 10.7 Å². The Morgan fingerprint density at radius 2 is 1.00 bits per heavy atom. The maximum atomic E-state index is 3.58. The van der Waals surface area contributed by atoms with E-state index < -0.39 is 0 Å². The van der Waals surface area contributed by atoms with Crippen molar-refractivity contribution in [1.82, 2.24) is 0 Å². The highest BCUT2D eigenvalue weighted by Crippen LogP contribution is 2.27. The number of rotatable bonds is 4. The monoisotopic (exact) mass is 414 g/mol. The standard InChI is InChI=1S/C20H16Br2/c21-13-19-11-10-18(12-20(19)14-22)17-8-6-16(7-9-17)15-4-2-1-3-5-15/h1-12H,13-14H2. The van der Waals surface area contributed by atoms with Crippen LogP contribution in [0.1, 0.15) is 11.1 Å². The van der Waals surface area contributed by atoms with Gasteiger partial charge in [0.15, 0.2) is 0 Å². The third-order valence-corrected chi connectivity index (χ3v) is 5.03. The first-order valence-corrected chi connectivity index (χ1v) is 9.45. The van der Waals surface area contributed by atoms with Crippen LogP contribution in [0.25, 0.3) is 22.3 Å². The zero-order chi connectivity index (χ0) is 15.4. The van der Waals surface area contributed by atoms with Crippen LogP contribution in [0.2, 0.25) is 0 Å². The summed E-state index contributed by atoms with van der Waals surface area (Å²) in [5.74, 6) is 0. The van der Waals surface area contributed by atoms with Crippen LogP contribution in [0.5, 0.6) is 0 Å². The Kier molecular flexibility index (Phi) is 5.12. The van der Waals surface area contributed by atoms with Gasteiger partial charge in [0.05, 0.1) is 0 Å². The molecule has 3 aromatic rings. The van der Waals surface area contributed by atoms with Crippen molar-refractivity contribution < 1.29 is 0 Å². The van der Waals surface area contributed by atoms with E-state index in [1.54, 1.807) is 0 Å². The van der Waals surface area contributed by atoms with Gasteiger partial charge in [-0.2, -0.15) is 0 Å². The summed E-state index contributed by atoms with van der Waals surface area (Å²) in [5, 5.41) is 1.77. The zero-order valence-electron chi connectivity index (χ0n) is 12.1. The Morgan fingerprint density at radius 1 is 0.500 bits per heavy atom. The topological polar surface area (TPSA) is 0 Å². The molecular formula is C20H16Br2. The molecule has 110 valence electrons. The lowest BCUT2D eigenvalue weighted by Gasteiger charge is -2.09. The van der Waals surface area contributed by atoms with Crippen LogP contribution >= 0.6 is 31.9 Å². The average Bonchev–Trinajstić information content (AvgIpc) is 2.62. The summed E-state index contributed by atoms with van der Waals surface area (Å²) in [6.45, 7) is 0. The Morgan fingerprint density at radius 3 is 1.59 bits per heavy atom. The molecule has 0 aliphatic rings. The molecule has 0 nitrogen and oxygen atoms in total. The quantitative estimate of drug-likeness (QED) is 0.410. The highest BCUT2D eigenvalue weighted by molar-refractivity contribution is 9.09. The van der Waals surface area contributed by atoms with Crippen molar-refractivity contribution in [2.75, 3.05) is 0 Å². The molecule has 0 fully saturated rings. The van der Waals surface area contributed by atoms with Gasteiger partial charge < -0.3 is 0 Å². The van der Waals surface area contributed by atoms with Gasteiger partial charge >= 0.3 is 0 Å². The molecule has 0 saturated heterocycles. The Labute approximate surface area is 148 Å². The molecule has 0 radical (unpaired) electrons. The minimum atomic E-state index is 0.879. The first kappa shape index (κ1) is 15.5. The van der Waals surface area contributed by atoms with Gasteiger partial charge in [-0.1, -0.05) is 105 Å². The molecule has 0 heterocycles. The summed E-state index contributed by atoms with van der Waals surface area (Å²) in [4.78, 5) is 0. The van der Waals surface area contributed by atoms with Crippen LogP contribution in [0, 0.1) is 0 Å². The number of hydrogen-bond acceptors (Lipinski definition) is 0. The van der Waals surface area contributed by atoms with Gasteiger partial charge in [0.1, 0.15) is 0 Å². The molecule has 0 bridgehead atoms. The summed E-state index contributed by atoms with van der Waals surface area (Å²) >= 11 is 7.12. The van der Waals surface area contributed by atoms with Crippen LogP contribution < -0.4 is 0 Å². The van der Waals surface area contributed by atoms with Crippen molar-refractivity contribution in [3.05, 3.63) is 83.9 Å². The third kappa shape index (κ3) is 3.34. The Balaban J connectivity index is 1.93. The zero-order valence-corrected chi connectivity index (χ0v) is 15.3. The minimum Gasteiger partial charge on any atom is -0.0876 e. The first-order chi connectivity index (χ1) is 10.8. The molecule has 0 spiro atoms. The fourth-order valence-corrected chi connectivity index (χ4v) is 3.61. The van der Waals surface area contributed by atoms with Gasteiger partial charge in [-0.15, -0.1) is 0 Å². The molecule has 0 aliphatic heterocycles. The van der Waals surface area contributed by atoms with Crippen LogP contribution in [0.15, 0.2) is 72.8 Å². The normalized spacial score (nSPS) is 10.6. The SMILES string of the molecule is BrCc1ccc(-c2ccc(-c3ccccc3)cc2)cc1CBr. The van der Waals surface area contributed by atoms with E-state index in [1.807, 2.05) is 6.07 Å². The van der Waals surface area contributed by atoms with Gasteiger partial charge in [0.25, 0.3) is 0 Å². The van der Waals surface area contributed by atoms with Gasteiger partial charge in [-0.05, 0) is 33.4 Å². The summed E-state index contributed by atoms with van der Waals surface area (Å²) in [6, 6.07) is 25.9. The minimum absolute atomic E-state index is 0.879. The second-order valence-corrected chi connectivity index (χ2v) is 6.32. The van der Waals surface area contributed by atoms with Crippen molar-refractivity contribution in [3.63, 3.8) is 0 Å². The maximum Gasteiger partial charge on any atom is 0.0286 e. The second kappa shape index (κ2) is 7.26. The highest BCUT2D eigenvalue weighted by Gasteiger charge is 2.04. The predicted octanol–water partition coefficient (Wildman–Crippen LogP) is 6.81. The lowest BCUT2D eigenvalue weighted by molar-refractivity contribution is 1.30. The first-order valence-electron chi connectivity index (χ1n) is 7.21. The van der Waals surface area contributed by atoms with E-state index in [1.165, 1.54) is 33.4 Å². The van der Waals surface area contributed by atoms with E-state index in [0.717, 1.165) is 10.7 Å². The summed E-state index contributed by atoms with van der Waals surface area (Å²) in [5.41, 5.74) is 7.69. The summed E-state index contributed by atoms with van der Waals surface area (Å²) in [7, 11) is 0. The molecule has 3 rings (SSSR count). The van der Waals surface area contributed by atoms with E-state index >= 15 is 0 Å². The van der Waals surface area contributed by atoms with Crippen LogP contribution in [-0.2, 0) is 10.7 Å². The molecule has 0 atom stereocenters. The van der Waals surface area contributed by atoms with E-state index in [9.17, 15) is 0 Å². The Bertz CT molecular complexity index is 746. The summed E-state index contributed by atoms with van der Waals surface area (Å²) < 4.78 is 0. The van der Waals surface area contributed by atoms with Crippen molar-refractivity contribution in [1.29, 1.82) is 0 Å². The van der Waals surface area contributed by atoms with Crippen LogP contribution in [0.3, 0.4) is 0 Å². The lowest BCUT2D eigenvalue weighted by atomic mass is 9.98. The highest BCUT2D eigenvalue weighted by atomic mass is 79.9. The molecule has 3 aromatic carbocycles. The largest absolute Gasteiger partial charge is 0.0876 e. The van der Waals surface area contributed by atoms with Crippen molar-refractivity contribution in [2.45, 2.75) is 10.7 Å². The predicted molar refractivity (Wildman–Crippen MR) is 103 cm³/mol. The molecule has 0 N–H and O–H groups in total. The molecule has 0 aromatic heterocycles. The molecule has 2 heteroatoms. The van der Waals surface area contributed by atoms with Crippen LogP contribution in [-0.4, -0.2) is 0 Å². The number of hydrogen-bond donors (Lipinski definition) is 0. The average molecular weight is 416 g/mol. The molecule has 0 amide bonds. The van der Waals surface area contributed by atoms with Crippen LogP contribution in [0.4, 0.5) is 0 Å². The van der Waals surface area contributed by atoms with E-state index in [-0.39, 0.29) is 0 Å². The number of alkyl halides is 2. The van der Waals surface area contributed by atoms with Crippen molar-refractivity contribution in [3.8, 4) is 22.3 Å². The number of benzene rings is 3. The lowest BCUT2D eigenvalue weighted by Crippen LogP contribution is -1.89. The maximum absolute atomic E-state index is 3.58. The smallest absolute Gasteiger partial charge is 0.0286 e. The molecular weight excluding hydrogens is 400 g/mol. The fraction of sp³-hybridized carbons (Fsp3) is 0.100. The fourth-order valence-electron chi connectivity index (χ4n) is 2.55. The molecule has 0 aliphatic carbocycles. The van der Waals surface area contributed by atoms with Gasteiger partial charge in [-0.25, -0.2) is 0 Å². The van der Waals surface area contributed by atoms with Crippen molar-refractivity contribution >= 4 is 31.9 Å². The van der Waals surface area contributed by atoms with E-state index in [0.29, 0.717) is 0 Å². The van der Waals surface area contributed by atoms with Crippen molar-refractivity contribution in [2.24, 2.45) is 0 Å². The van der Waals surface area contributed by atoms with Gasteiger partial charge in [-0.3, -0.25) is 0 Å². The molecule has 0 unspecified atom stereocenters. The second-order valence-electron chi connectivity index (χ2n) is 5.19. The van der Waals surface area contributed by atoms with Gasteiger partial charge in [0.2, 0.25) is 0 Å². The molecule has 22 heavy (non-hydrogen) atoms. The number of halogens is 2. The third-order valence-electron chi connectivity index (χ3n) is 3.82. The Hall–Kier alpha value is -1.38. The van der Waals surface area contributed by atoms with E-state index in [2.05, 4.69) is 98.6 Å². The summed E-state index contributed by atoms with van der Waals surface area (Å²) in [6.07, 6.45) is 0. The van der Waals surface area contributed by atoms with E-state index in [4.69, 9.17) is 0 Å². The molecule has 0 saturated carbocycles.